The van der Waals surface area contributed by atoms with Crippen molar-refractivity contribution in [3.05, 3.63) is 65.3 Å². The fourth-order valence-corrected chi connectivity index (χ4v) is 3.40. The van der Waals surface area contributed by atoms with Gasteiger partial charge < -0.3 is 10.1 Å². The molecule has 0 radical (unpaired) electrons. The maximum absolute atomic E-state index is 12.7. The van der Waals surface area contributed by atoms with Gasteiger partial charge in [0.1, 0.15) is 17.1 Å². The van der Waals surface area contributed by atoms with Crippen molar-refractivity contribution in [3.63, 3.8) is 0 Å². The maximum Gasteiger partial charge on any atom is 0.274 e. The molecule has 3 aromatic heterocycles. The number of aryl methyl sites for hydroxylation is 1. The molecule has 1 N–H and O–H groups in total. The lowest BCUT2D eigenvalue weighted by atomic mass is 10.2. The Kier molecular flexibility index (Phi) is 4.14. The van der Waals surface area contributed by atoms with Crippen LogP contribution in [0.2, 0.25) is 0 Å². The number of rotatable bonds is 4. The van der Waals surface area contributed by atoms with E-state index in [2.05, 4.69) is 15.4 Å². The van der Waals surface area contributed by atoms with E-state index in [1.807, 2.05) is 42.6 Å². The minimum absolute atomic E-state index is 0.293. The second-order valence-electron chi connectivity index (χ2n) is 5.71. The number of ether oxygens (including phenoxy) is 1. The summed E-state index contributed by atoms with van der Waals surface area (Å²) < 4.78 is 7.02. The van der Waals surface area contributed by atoms with E-state index in [1.165, 1.54) is 0 Å². The molecule has 0 saturated carbocycles. The topological polar surface area (TPSA) is 68.5 Å². The number of nitrogens with one attached hydrogen (secondary N) is 1. The molecule has 7 heteroatoms. The fraction of sp³-hybridized carbons (Fsp3) is 0.105. The van der Waals surface area contributed by atoms with Gasteiger partial charge in [0.25, 0.3) is 5.91 Å². The predicted octanol–water partition coefficient (Wildman–Crippen LogP) is 4.03. The predicted molar refractivity (Wildman–Crippen MR) is 102 cm³/mol. The fourth-order valence-electron chi connectivity index (χ4n) is 2.72. The summed E-state index contributed by atoms with van der Waals surface area (Å²) in [6.45, 7) is 1.90. The van der Waals surface area contributed by atoms with E-state index in [4.69, 9.17) is 4.74 Å². The lowest BCUT2D eigenvalue weighted by molar-refractivity contribution is 0.102. The highest BCUT2D eigenvalue weighted by atomic mass is 32.1. The van der Waals surface area contributed by atoms with Crippen LogP contribution in [-0.2, 0) is 0 Å². The quantitative estimate of drug-likeness (QED) is 0.594. The van der Waals surface area contributed by atoms with E-state index in [0.29, 0.717) is 22.8 Å². The molecule has 0 aliphatic rings. The molecule has 1 aromatic carbocycles. The summed E-state index contributed by atoms with van der Waals surface area (Å²) in [6, 6.07) is 14.9. The number of anilines is 1. The molecule has 0 spiro atoms. The SMILES string of the molecule is COc1ccccc1NC(=O)c1cc(C)n2nc(-c3cccs3)cc2n1. The summed E-state index contributed by atoms with van der Waals surface area (Å²) >= 11 is 1.62. The molecule has 0 saturated heterocycles. The summed E-state index contributed by atoms with van der Waals surface area (Å²) in [5, 5.41) is 9.44. The van der Waals surface area contributed by atoms with Crippen LogP contribution >= 0.6 is 11.3 Å². The highest BCUT2D eigenvalue weighted by molar-refractivity contribution is 7.13. The molecule has 6 nitrogen and oxygen atoms in total. The van der Waals surface area contributed by atoms with Gasteiger partial charge in [-0.2, -0.15) is 5.10 Å². The zero-order valence-corrected chi connectivity index (χ0v) is 15.1. The zero-order chi connectivity index (χ0) is 18.1. The monoisotopic (exact) mass is 364 g/mol. The highest BCUT2D eigenvalue weighted by Gasteiger charge is 2.15. The maximum atomic E-state index is 12.7. The number of methoxy groups -OCH3 is 1. The van der Waals surface area contributed by atoms with Crippen molar-refractivity contribution in [3.8, 4) is 16.3 Å². The second kappa shape index (κ2) is 6.61. The molecule has 0 aliphatic heterocycles. The van der Waals surface area contributed by atoms with Crippen molar-refractivity contribution in [1.29, 1.82) is 0 Å². The lowest BCUT2D eigenvalue weighted by Crippen LogP contribution is -2.15. The van der Waals surface area contributed by atoms with Crippen LogP contribution in [0.25, 0.3) is 16.2 Å². The molecule has 0 unspecified atom stereocenters. The van der Waals surface area contributed by atoms with Gasteiger partial charge in [-0.25, -0.2) is 9.50 Å². The van der Waals surface area contributed by atoms with Gasteiger partial charge in [0.2, 0.25) is 0 Å². The Hall–Kier alpha value is -3.19. The van der Waals surface area contributed by atoms with Crippen LogP contribution in [0.1, 0.15) is 16.2 Å². The summed E-state index contributed by atoms with van der Waals surface area (Å²) in [6.07, 6.45) is 0. The molecule has 3 heterocycles. The number of benzene rings is 1. The van der Waals surface area contributed by atoms with Crippen molar-refractivity contribution in [2.75, 3.05) is 12.4 Å². The van der Waals surface area contributed by atoms with E-state index in [1.54, 1.807) is 41.2 Å². The standard InChI is InChI=1S/C19H16N4O2S/c1-12-10-15(19(24)21-13-6-3-4-7-16(13)25-2)20-18-11-14(22-23(12)18)17-8-5-9-26-17/h3-11H,1-2H3,(H,21,24). The van der Waals surface area contributed by atoms with Gasteiger partial charge in [-0.05, 0) is 36.6 Å². The Morgan fingerprint density at radius 3 is 2.81 bits per heavy atom. The molecule has 4 rings (SSSR count). The van der Waals surface area contributed by atoms with Gasteiger partial charge in [0.05, 0.1) is 17.7 Å². The van der Waals surface area contributed by atoms with Crippen LogP contribution < -0.4 is 10.1 Å². The summed E-state index contributed by atoms with van der Waals surface area (Å²) in [5.41, 5.74) is 3.25. The summed E-state index contributed by atoms with van der Waals surface area (Å²) in [5.74, 6) is 0.307. The van der Waals surface area contributed by atoms with Crippen molar-refractivity contribution in [1.82, 2.24) is 14.6 Å². The Labute approximate surface area is 154 Å². The van der Waals surface area contributed by atoms with Crippen LogP contribution in [-0.4, -0.2) is 27.6 Å². The molecule has 0 aliphatic carbocycles. The van der Waals surface area contributed by atoms with E-state index < -0.39 is 0 Å². The van der Waals surface area contributed by atoms with Crippen LogP contribution in [0.15, 0.2) is 53.9 Å². The first kappa shape index (κ1) is 16.3. The van der Waals surface area contributed by atoms with E-state index in [0.717, 1.165) is 16.3 Å². The molecular weight excluding hydrogens is 348 g/mol. The average Bonchev–Trinajstić information content (AvgIpc) is 3.31. The first-order valence-corrected chi connectivity index (χ1v) is 8.89. The van der Waals surface area contributed by atoms with Gasteiger partial charge >= 0.3 is 0 Å². The zero-order valence-electron chi connectivity index (χ0n) is 14.3. The number of hydrogen-bond acceptors (Lipinski definition) is 5. The molecule has 130 valence electrons. The first-order chi connectivity index (χ1) is 12.7. The largest absolute Gasteiger partial charge is 0.495 e. The van der Waals surface area contributed by atoms with Crippen molar-refractivity contribution in [2.45, 2.75) is 6.92 Å². The number of para-hydroxylation sites is 2. The molecule has 0 fully saturated rings. The number of thiophene rings is 1. The van der Waals surface area contributed by atoms with E-state index >= 15 is 0 Å². The first-order valence-electron chi connectivity index (χ1n) is 8.01. The summed E-state index contributed by atoms with van der Waals surface area (Å²) in [7, 11) is 1.57. The molecule has 0 bridgehead atoms. The third-order valence-electron chi connectivity index (χ3n) is 3.97. The van der Waals surface area contributed by atoms with Gasteiger partial charge in [0, 0.05) is 11.8 Å². The van der Waals surface area contributed by atoms with Crippen molar-refractivity contribution >= 4 is 28.6 Å². The molecule has 26 heavy (non-hydrogen) atoms. The Morgan fingerprint density at radius 2 is 2.04 bits per heavy atom. The minimum atomic E-state index is -0.293. The number of nitrogens with zero attached hydrogens (tertiary/aromatic N) is 3. The van der Waals surface area contributed by atoms with E-state index in [9.17, 15) is 4.79 Å². The molecule has 1 amide bonds. The number of hydrogen-bond donors (Lipinski definition) is 1. The van der Waals surface area contributed by atoms with Gasteiger partial charge in [-0.3, -0.25) is 4.79 Å². The van der Waals surface area contributed by atoms with Crippen molar-refractivity contribution < 1.29 is 9.53 Å². The third-order valence-corrected chi connectivity index (χ3v) is 4.86. The highest BCUT2D eigenvalue weighted by Crippen LogP contribution is 2.26. The number of amides is 1. The number of aromatic nitrogens is 3. The molecular formula is C19H16N4O2S. The van der Waals surface area contributed by atoms with Gasteiger partial charge in [0.15, 0.2) is 5.65 Å². The number of fused-ring (bicyclic) bond motifs is 1. The van der Waals surface area contributed by atoms with Crippen LogP contribution in [0.4, 0.5) is 5.69 Å². The Bertz CT molecular complexity index is 1090. The Balaban J connectivity index is 1.69. The lowest BCUT2D eigenvalue weighted by Gasteiger charge is -2.10. The van der Waals surface area contributed by atoms with Crippen LogP contribution in [0, 0.1) is 6.92 Å². The minimum Gasteiger partial charge on any atom is -0.495 e. The number of carbonyl (C=O) groups excluding carboxylic acids is 1. The summed E-state index contributed by atoms with van der Waals surface area (Å²) in [4.78, 5) is 18.2. The van der Waals surface area contributed by atoms with Gasteiger partial charge in [-0.15, -0.1) is 11.3 Å². The normalized spacial score (nSPS) is 10.8. The Morgan fingerprint density at radius 1 is 1.19 bits per heavy atom. The molecule has 0 atom stereocenters. The van der Waals surface area contributed by atoms with Crippen LogP contribution in [0.3, 0.4) is 0 Å². The van der Waals surface area contributed by atoms with Crippen molar-refractivity contribution in [2.24, 2.45) is 0 Å². The van der Waals surface area contributed by atoms with Crippen LogP contribution in [0.5, 0.6) is 5.75 Å². The third kappa shape index (κ3) is 2.93. The second-order valence-corrected chi connectivity index (χ2v) is 6.66. The molecule has 4 aromatic rings. The van der Waals surface area contributed by atoms with Gasteiger partial charge in [-0.1, -0.05) is 18.2 Å². The average molecular weight is 364 g/mol. The van der Waals surface area contributed by atoms with E-state index in [-0.39, 0.29) is 5.91 Å². The number of carbonyl (C=O) groups is 1. The smallest absolute Gasteiger partial charge is 0.274 e.